The summed E-state index contributed by atoms with van der Waals surface area (Å²) in [7, 11) is 1.89. The number of aryl methyl sites for hydroxylation is 1. The van der Waals surface area contributed by atoms with E-state index < -0.39 is 0 Å². The van der Waals surface area contributed by atoms with Gasteiger partial charge in [-0.2, -0.15) is 5.10 Å². The Morgan fingerprint density at radius 2 is 1.72 bits per heavy atom. The van der Waals surface area contributed by atoms with Gasteiger partial charge in [-0.05, 0) is 12.1 Å². The average molecular weight is 236 g/mol. The molecule has 0 saturated carbocycles. The van der Waals surface area contributed by atoms with Crippen molar-refractivity contribution in [2.24, 2.45) is 7.05 Å². The smallest absolute Gasteiger partial charge is 0.181 e. The zero-order chi connectivity index (χ0) is 12.4. The Hall–Kier alpha value is -2.49. The minimum Gasteiger partial charge on any atom is -0.264 e. The molecule has 88 valence electrons. The minimum absolute atomic E-state index is 0.733. The Bertz CT molecular complexity index is 644. The van der Waals surface area contributed by atoms with Gasteiger partial charge in [-0.1, -0.05) is 30.3 Å². The highest BCUT2D eigenvalue weighted by Gasteiger charge is 2.10. The van der Waals surface area contributed by atoms with E-state index >= 15 is 0 Å². The van der Waals surface area contributed by atoms with Crippen LogP contribution in [-0.4, -0.2) is 19.7 Å². The molecule has 0 N–H and O–H groups in total. The predicted molar refractivity (Wildman–Crippen MR) is 69.7 cm³/mol. The molecule has 0 radical (unpaired) electrons. The molecule has 0 bridgehead atoms. The quantitative estimate of drug-likeness (QED) is 0.686. The maximum atomic E-state index is 4.56. The third-order valence-corrected chi connectivity index (χ3v) is 2.71. The summed E-state index contributed by atoms with van der Waals surface area (Å²) < 4.78 is 1.78. The molecule has 18 heavy (non-hydrogen) atoms. The number of hydrogen-bond donors (Lipinski definition) is 0. The van der Waals surface area contributed by atoms with Crippen LogP contribution in [-0.2, 0) is 7.05 Å². The van der Waals surface area contributed by atoms with Gasteiger partial charge < -0.3 is 0 Å². The molecule has 0 atom stereocenters. The fourth-order valence-electron chi connectivity index (χ4n) is 1.84. The summed E-state index contributed by atoms with van der Waals surface area (Å²) in [5.74, 6) is 1.55. The molecule has 0 aliphatic heterocycles. The molecule has 0 aliphatic rings. The number of rotatable bonds is 2. The molecule has 1 aromatic carbocycles. The molecule has 4 nitrogen and oxygen atoms in total. The maximum Gasteiger partial charge on any atom is 0.181 e. The number of benzene rings is 1. The van der Waals surface area contributed by atoms with Gasteiger partial charge in [-0.3, -0.25) is 4.98 Å². The zero-order valence-corrected chi connectivity index (χ0v) is 9.99. The first-order valence-corrected chi connectivity index (χ1v) is 5.71. The number of hydrogen-bond acceptors (Lipinski definition) is 3. The summed E-state index contributed by atoms with van der Waals surface area (Å²) in [5.41, 5.74) is 1.98. The van der Waals surface area contributed by atoms with Gasteiger partial charge in [-0.25, -0.2) is 9.67 Å². The predicted octanol–water partition coefficient (Wildman–Crippen LogP) is 2.54. The van der Waals surface area contributed by atoms with E-state index in [1.54, 1.807) is 17.1 Å². The minimum atomic E-state index is 0.733. The van der Waals surface area contributed by atoms with Crippen molar-refractivity contribution in [3.8, 4) is 22.8 Å². The number of pyridine rings is 1. The van der Waals surface area contributed by atoms with E-state index in [-0.39, 0.29) is 0 Å². The summed E-state index contributed by atoms with van der Waals surface area (Å²) in [6.07, 6.45) is 3.54. The second-order valence-corrected chi connectivity index (χ2v) is 3.99. The van der Waals surface area contributed by atoms with Gasteiger partial charge in [0, 0.05) is 30.6 Å². The highest BCUT2D eigenvalue weighted by atomic mass is 15.3. The molecular weight excluding hydrogens is 224 g/mol. The van der Waals surface area contributed by atoms with Crippen molar-refractivity contribution in [3.05, 3.63) is 54.9 Å². The molecule has 0 saturated heterocycles. The van der Waals surface area contributed by atoms with Crippen LogP contribution in [0.15, 0.2) is 54.9 Å². The lowest BCUT2D eigenvalue weighted by Crippen LogP contribution is -1.94. The first-order chi connectivity index (χ1) is 8.84. The fraction of sp³-hybridized carbons (Fsp3) is 0.0714. The van der Waals surface area contributed by atoms with E-state index in [1.807, 2.05) is 49.5 Å². The van der Waals surface area contributed by atoms with Gasteiger partial charge >= 0.3 is 0 Å². The second-order valence-electron chi connectivity index (χ2n) is 3.99. The van der Waals surface area contributed by atoms with E-state index in [0.29, 0.717) is 0 Å². The number of nitrogens with zero attached hydrogens (tertiary/aromatic N) is 4. The van der Waals surface area contributed by atoms with Crippen LogP contribution in [0, 0.1) is 0 Å². The standard InChI is InChI=1S/C14H12N4/c1-18-14(12-8-5-9-15-10-12)16-13(17-18)11-6-3-2-4-7-11/h2-10H,1H3. The van der Waals surface area contributed by atoms with Crippen molar-refractivity contribution in [2.45, 2.75) is 0 Å². The highest BCUT2D eigenvalue weighted by Crippen LogP contribution is 2.20. The monoisotopic (exact) mass is 236 g/mol. The lowest BCUT2D eigenvalue weighted by molar-refractivity contribution is 0.777. The molecule has 2 heterocycles. The van der Waals surface area contributed by atoms with Gasteiger partial charge in [0.05, 0.1) is 0 Å². The van der Waals surface area contributed by atoms with Gasteiger partial charge in [0.1, 0.15) is 0 Å². The molecule has 3 rings (SSSR count). The van der Waals surface area contributed by atoms with Gasteiger partial charge in [0.15, 0.2) is 11.6 Å². The second kappa shape index (κ2) is 4.41. The Balaban J connectivity index is 2.07. The lowest BCUT2D eigenvalue weighted by atomic mass is 10.2. The van der Waals surface area contributed by atoms with E-state index in [4.69, 9.17) is 0 Å². The molecule has 0 aliphatic carbocycles. The van der Waals surface area contributed by atoms with Crippen LogP contribution in [0.25, 0.3) is 22.8 Å². The summed E-state index contributed by atoms with van der Waals surface area (Å²) in [6.45, 7) is 0. The van der Waals surface area contributed by atoms with Crippen LogP contribution in [0.5, 0.6) is 0 Å². The first kappa shape index (κ1) is 10.7. The maximum absolute atomic E-state index is 4.56. The van der Waals surface area contributed by atoms with E-state index in [9.17, 15) is 0 Å². The van der Waals surface area contributed by atoms with Crippen molar-refractivity contribution in [3.63, 3.8) is 0 Å². The molecule has 2 aromatic heterocycles. The first-order valence-electron chi connectivity index (χ1n) is 5.71. The Morgan fingerprint density at radius 1 is 0.944 bits per heavy atom. The molecule has 0 unspecified atom stereocenters. The SMILES string of the molecule is Cn1nc(-c2ccccc2)nc1-c1cccnc1. The summed E-state index contributed by atoms with van der Waals surface area (Å²) >= 11 is 0. The van der Waals surface area contributed by atoms with Crippen molar-refractivity contribution >= 4 is 0 Å². The topological polar surface area (TPSA) is 43.6 Å². The van der Waals surface area contributed by atoms with E-state index in [0.717, 1.165) is 22.8 Å². The third-order valence-electron chi connectivity index (χ3n) is 2.71. The summed E-state index contributed by atoms with van der Waals surface area (Å²) in [5, 5.41) is 4.44. The van der Waals surface area contributed by atoms with E-state index in [1.165, 1.54) is 0 Å². The van der Waals surface area contributed by atoms with Crippen molar-refractivity contribution in [1.29, 1.82) is 0 Å². The van der Waals surface area contributed by atoms with Crippen LogP contribution in [0.1, 0.15) is 0 Å². The lowest BCUT2D eigenvalue weighted by Gasteiger charge is -1.97. The van der Waals surface area contributed by atoms with Gasteiger partial charge in [0.25, 0.3) is 0 Å². The Morgan fingerprint density at radius 3 is 2.44 bits per heavy atom. The number of aromatic nitrogens is 4. The Kier molecular flexibility index (Phi) is 2.61. The molecular formula is C14H12N4. The summed E-state index contributed by atoms with van der Waals surface area (Å²) in [6, 6.07) is 13.8. The third kappa shape index (κ3) is 1.88. The molecule has 0 amide bonds. The van der Waals surface area contributed by atoms with Crippen LogP contribution in [0.4, 0.5) is 0 Å². The summed E-state index contributed by atoms with van der Waals surface area (Å²) in [4.78, 5) is 8.67. The van der Waals surface area contributed by atoms with Gasteiger partial charge in [-0.15, -0.1) is 0 Å². The largest absolute Gasteiger partial charge is 0.264 e. The highest BCUT2D eigenvalue weighted by molar-refractivity contribution is 5.60. The Labute approximate surface area is 105 Å². The molecule has 0 fully saturated rings. The van der Waals surface area contributed by atoms with Crippen LogP contribution < -0.4 is 0 Å². The molecule has 3 aromatic rings. The van der Waals surface area contributed by atoms with Crippen molar-refractivity contribution in [2.75, 3.05) is 0 Å². The van der Waals surface area contributed by atoms with Crippen molar-refractivity contribution < 1.29 is 0 Å². The van der Waals surface area contributed by atoms with E-state index in [2.05, 4.69) is 15.1 Å². The van der Waals surface area contributed by atoms with Crippen molar-refractivity contribution in [1.82, 2.24) is 19.7 Å². The zero-order valence-electron chi connectivity index (χ0n) is 9.99. The van der Waals surface area contributed by atoms with Gasteiger partial charge in [0.2, 0.25) is 0 Å². The molecule has 0 spiro atoms. The van der Waals surface area contributed by atoms with Crippen LogP contribution in [0.2, 0.25) is 0 Å². The van der Waals surface area contributed by atoms with Crippen LogP contribution >= 0.6 is 0 Å². The van der Waals surface area contributed by atoms with Crippen LogP contribution in [0.3, 0.4) is 0 Å². The average Bonchev–Trinajstić information content (AvgIpc) is 2.83. The molecule has 4 heteroatoms. The normalized spacial score (nSPS) is 10.5. The fourth-order valence-corrected chi connectivity index (χ4v) is 1.84.